The highest BCUT2D eigenvalue weighted by Gasteiger charge is 2.49. The number of aromatic nitrogens is 2. The van der Waals surface area contributed by atoms with E-state index in [9.17, 15) is 21.2 Å². The van der Waals surface area contributed by atoms with Crippen molar-refractivity contribution in [3.05, 3.63) is 105 Å². The van der Waals surface area contributed by atoms with E-state index in [0.29, 0.717) is 40.7 Å². The minimum Gasteiger partial charge on any atom is -0.461 e. The number of fused-ring (bicyclic) bond motifs is 3. The SMILES string of the molecule is Cc1ccc(S(=O)(=O)Oc2cc(N3CCc4c(nc(OC[C@@]56CCCN5C[C@H](F)C6)nc4OS(=O)(=O)c4ccc(C)cc4)C3)c3c(Br)c(F)ccc3c2)cc1. The molecule has 2 atom stereocenters. The van der Waals surface area contributed by atoms with Crippen LogP contribution in [0.2, 0.25) is 0 Å². The molecule has 11 nitrogen and oxygen atoms in total. The molecule has 8 rings (SSSR count). The van der Waals surface area contributed by atoms with E-state index in [0.717, 1.165) is 30.5 Å². The van der Waals surface area contributed by atoms with Crippen LogP contribution in [0.25, 0.3) is 10.8 Å². The number of aryl methyl sites for hydroxylation is 2. The molecule has 0 bridgehead atoms. The van der Waals surface area contributed by atoms with Gasteiger partial charge in [-0.1, -0.05) is 41.5 Å². The van der Waals surface area contributed by atoms with Crippen molar-refractivity contribution in [1.29, 1.82) is 0 Å². The van der Waals surface area contributed by atoms with Gasteiger partial charge in [0, 0.05) is 42.2 Å². The van der Waals surface area contributed by atoms with Crippen molar-refractivity contribution in [2.45, 2.75) is 67.6 Å². The Labute approximate surface area is 326 Å². The van der Waals surface area contributed by atoms with E-state index in [2.05, 4.69) is 25.8 Å². The Morgan fingerprint density at radius 1 is 0.891 bits per heavy atom. The molecule has 0 spiro atoms. The van der Waals surface area contributed by atoms with Crippen molar-refractivity contribution in [3.8, 4) is 17.6 Å². The average Bonchev–Trinajstić information content (AvgIpc) is 3.67. The first kappa shape index (κ1) is 37.5. The minimum absolute atomic E-state index is 0.00964. The van der Waals surface area contributed by atoms with Crippen LogP contribution < -0.4 is 18.0 Å². The van der Waals surface area contributed by atoms with Crippen molar-refractivity contribution in [1.82, 2.24) is 14.9 Å². The summed E-state index contributed by atoms with van der Waals surface area (Å²) >= 11 is 3.40. The lowest BCUT2D eigenvalue weighted by molar-refractivity contribution is 0.106. The van der Waals surface area contributed by atoms with Crippen LogP contribution in [0, 0.1) is 19.7 Å². The number of ether oxygens (including phenoxy) is 1. The van der Waals surface area contributed by atoms with Crippen molar-refractivity contribution in [2.75, 3.05) is 31.1 Å². The topological polar surface area (TPSA) is 128 Å². The van der Waals surface area contributed by atoms with Gasteiger partial charge in [0.15, 0.2) is 0 Å². The fourth-order valence-electron chi connectivity index (χ4n) is 7.74. The van der Waals surface area contributed by atoms with E-state index in [1.807, 2.05) is 18.7 Å². The molecule has 288 valence electrons. The number of rotatable bonds is 10. The average molecular weight is 856 g/mol. The molecule has 4 heterocycles. The first-order chi connectivity index (χ1) is 26.2. The van der Waals surface area contributed by atoms with Gasteiger partial charge in [-0.15, -0.1) is 0 Å². The van der Waals surface area contributed by atoms with Crippen LogP contribution in [0.4, 0.5) is 14.5 Å². The first-order valence-corrected chi connectivity index (χ1v) is 21.4. The lowest BCUT2D eigenvalue weighted by Crippen LogP contribution is -2.43. The molecule has 2 fully saturated rings. The molecule has 0 unspecified atom stereocenters. The van der Waals surface area contributed by atoms with Crippen LogP contribution in [0.1, 0.15) is 41.6 Å². The summed E-state index contributed by atoms with van der Waals surface area (Å²) in [5.41, 5.74) is 2.51. The lowest BCUT2D eigenvalue weighted by atomic mass is 9.95. The third kappa shape index (κ3) is 7.36. The standard InChI is InChI=1S/C39H37BrF2N4O7S2/c1-24-4-9-29(10-5-24)54(47,48)52-28-18-26-8-13-32(42)36(40)35(26)34(19-28)45-17-14-31-33(22-45)43-38(51-23-39-15-3-16-46(39)21-27(41)20-39)44-37(31)53-55(49,50)30-11-6-25(2)7-12-30/h4-13,18-19,27H,3,14-17,20-23H2,1-2H3/t27-,39+/m1/s1. The van der Waals surface area contributed by atoms with Crippen LogP contribution in [-0.4, -0.2) is 69.7 Å². The summed E-state index contributed by atoms with van der Waals surface area (Å²) in [5, 5.41) is 0.976. The number of hydrogen-bond donors (Lipinski definition) is 0. The van der Waals surface area contributed by atoms with E-state index in [-0.39, 0.29) is 58.0 Å². The molecule has 5 aromatic rings. The number of alkyl halides is 1. The molecule has 0 saturated carbocycles. The number of hydrogen-bond acceptors (Lipinski definition) is 11. The lowest BCUT2D eigenvalue weighted by Gasteiger charge is -2.33. The van der Waals surface area contributed by atoms with Gasteiger partial charge in [0.2, 0.25) is 5.88 Å². The van der Waals surface area contributed by atoms with E-state index < -0.39 is 37.8 Å². The first-order valence-electron chi connectivity index (χ1n) is 17.8. The maximum Gasteiger partial charge on any atom is 0.340 e. The van der Waals surface area contributed by atoms with Gasteiger partial charge in [0.25, 0.3) is 0 Å². The zero-order valence-electron chi connectivity index (χ0n) is 30.0. The second-order valence-electron chi connectivity index (χ2n) is 14.4. The fourth-order valence-corrected chi connectivity index (χ4v) is 10.1. The summed E-state index contributed by atoms with van der Waals surface area (Å²) in [5.74, 6) is -0.700. The maximum atomic E-state index is 15.1. The molecule has 3 aliphatic heterocycles. The predicted molar refractivity (Wildman–Crippen MR) is 205 cm³/mol. The van der Waals surface area contributed by atoms with Gasteiger partial charge in [-0.25, -0.2) is 8.78 Å². The zero-order chi connectivity index (χ0) is 38.7. The summed E-state index contributed by atoms with van der Waals surface area (Å²) < 4.78 is 101. The van der Waals surface area contributed by atoms with Gasteiger partial charge in [-0.2, -0.15) is 26.8 Å². The van der Waals surface area contributed by atoms with Crippen LogP contribution >= 0.6 is 15.9 Å². The Kier molecular flexibility index (Phi) is 9.75. The normalized spacial score (nSPS) is 20.0. The van der Waals surface area contributed by atoms with Gasteiger partial charge in [-0.05, 0) is 97.4 Å². The van der Waals surface area contributed by atoms with E-state index in [1.54, 1.807) is 24.3 Å². The Bertz CT molecular complexity index is 2530. The number of anilines is 1. The molecule has 16 heteroatoms. The van der Waals surface area contributed by atoms with Crippen LogP contribution in [-0.2, 0) is 33.2 Å². The monoisotopic (exact) mass is 854 g/mol. The Hall–Kier alpha value is -4.38. The zero-order valence-corrected chi connectivity index (χ0v) is 33.2. The largest absolute Gasteiger partial charge is 0.461 e. The van der Waals surface area contributed by atoms with Crippen molar-refractivity contribution in [2.24, 2.45) is 0 Å². The third-order valence-electron chi connectivity index (χ3n) is 10.6. The van der Waals surface area contributed by atoms with Crippen molar-refractivity contribution >= 4 is 52.6 Å². The van der Waals surface area contributed by atoms with E-state index in [4.69, 9.17) is 18.1 Å². The van der Waals surface area contributed by atoms with Crippen molar-refractivity contribution < 1.29 is 38.7 Å². The molecule has 2 saturated heterocycles. The molecule has 0 amide bonds. The van der Waals surface area contributed by atoms with Crippen LogP contribution in [0.3, 0.4) is 0 Å². The number of nitrogens with zero attached hydrogens (tertiary/aromatic N) is 4. The highest BCUT2D eigenvalue weighted by Crippen LogP contribution is 2.43. The quantitative estimate of drug-likeness (QED) is 0.132. The second kappa shape index (κ2) is 14.3. The third-order valence-corrected chi connectivity index (χ3v) is 13.8. The summed E-state index contributed by atoms with van der Waals surface area (Å²) in [6.45, 7) is 5.20. The van der Waals surface area contributed by atoms with Gasteiger partial charge in [-0.3, -0.25) is 4.90 Å². The summed E-state index contributed by atoms with van der Waals surface area (Å²) in [7, 11) is -8.56. The smallest absolute Gasteiger partial charge is 0.340 e. The predicted octanol–water partition coefficient (Wildman–Crippen LogP) is 7.20. The Morgan fingerprint density at radius 3 is 2.25 bits per heavy atom. The van der Waals surface area contributed by atoms with Gasteiger partial charge < -0.3 is 18.0 Å². The van der Waals surface area contributed by atoms with Gasteiger partial charge in [0.05, 0.1) is 22.3 Å². The van der Waals surface area contributed by atoms with Gasteiger partial charge >= 0.3 is 26.2 Å². The van der Waals surface area contributed by atoms with E-state index in [1.165, 1.54) is 48.5 Å². The molecule has 3 aliphatic rings. The molecule has 0 N–H and O–H groups in total. The molecule has 55 heavy (non-hydrogen) atoms. The maximum absolute atomic E-state index is 15.1. The fraction of sp³-hybridized carbons (Fsp3) is 0.333. The molecular formula is C39H37BrF2N4O7S2. The Morgan fingerprint density at radius 2 is 1.56 bits per heavy atom. The van der Waals surface area contributed by atoms with Crippen LogP contribution in [0.15, 0.2) is 87.1 Å². The molecule has 1 aromatic heterocycles. The van der Waals surface area contributed by atoms with Crippen LogP contribution in [0.5, 0.6) is 17.6 Å². The number of halogens is 3. The van der Waals surface area contributed by atoms with Gasteiger partial charge in [0.1, 0.15) is 34.1 Å². The highest BCUT2D eigenvalue weighted by atomic mass is 79.9. The summed E-state index contributed by atoms with van der Waals surface area (Å²) in [4.78, 5) is 13.1. The van der Waals surface area contributed by atoms with E-state index >= 15 is 4.39 Å². The second-order valence-corrected chi connectivity index (χ2v) is 18.3. The number of benzene rings is 4. The summed E-state index contributed by atoms with van der Waals surface area (Å²) in [6, 6.07) is 18.2. The summed E-state index contributed by atoms with van der Waals surface area (Å²) in [6.07, 6.45) is 1.18. The van der Waals surface area contributed by atoms with Crippen molar-refractivity contribution in [3.63, 3.8) is 0 Å². The highest BCUT2D eigenvalue weighted by molar-refractivity contribution is 9.10. The Balaban J connectivity index is 1.17. The molecular weight excluding hydrogens is 818 g/mol. The minimum atomic E-state index is -4.33. The molecule has 4 aromatic carbocycles. The molecule has 0 aliphatic carbocycles. The molecule has 0 radical (unpaired) electrons.